The van der Waals surface area contributed by atoms with Gasteiger partial charge >= 0.3 is 0 Å². The Labute approximate surface area is 101 Å². The van der Waals surface area contributed by atoms with Gasteiger partial charge in [-0.05, 0) is 30.7 Å². The minimum Gasteiger partial charge on any atom is -0.355 e. The van der Waals surface area contributed by atoms with Gasteiger partial charge in [-0.15, -0.1) is 0 Å². The van der Waals surface area contributed by atoms with Gasteiger partial charge in [-0.1, -0.05) is 30.7 Å². The van der Waals surface area contributed by atoms with Crippen LogP contribution in [0.25, 0.3) is 0 Å². The summed E-state index contributed by atoms with van der Waals surface area (Å²) in [4.78, 5) is 11.3. The number of likely N-dealkylation sites (N-methyl/N-ethyl adjacent to an activating group) is 1. The fourth-order valence-electron chi connectivity index (χ4n) is 1.30. The molecule has 0 saturated heterocycles. The zero-order valence-electron chi connectivity index (χ0n) is 9.42. The van der Waals surface area contributed by atoms with Crippen LogP contribution in [-0.4, -0.2) is 25.5 Å². The van der Waals surface area contributed by atoms with Gasteiger partial charge in [0, 0.05) is 11.6 Å². The van der Waals surface area contributed by atoms with Gasteiger partial charge in [0.05, 0.1) is 6.54 Å². The fraction of sp³-hybridized carbons (Fsp3) is 0.417. The standard InChI is InChI=1S/C12H17ClN2O/c1-2-14-9-12(16)15-8-7-10-3-5-11(13)6-4-10/h3-6,14H,2,7-9H2,1H3,(H,15,16). The molecule has 0 heterocycles. The molecule has 0 radical (unpaired) electrons. The molecule has 88 valence electrons. The molecule has 4 heteroatoms. The molecule has 3 nitrogen and oxygen atoms in total. The van der Waals surface area contributed by atoms with Crippen molar-refractivity contribution >= 4 is 17.5 Å². The van der Waals surface area contributed by atoms with E-state index >= 15 is 0 Å². The molecule has 1 aromatic rings. The van der Waals surface area contributed by atoms with Gasteiger partial charge in [0.1, 0.15) is 0 Å². The Morgan fingerprint density at radius 3 is 2.62 bits per heavy atom. The molecule has 0 aliphatic heterocycles. The number of carbonyl (C=O) groups excluding carboxylic acids is 1. The zero-order valence-corrected chi connectivity index (χ0v) is 10.2. The number of hydrogen-bond donors (Lipinski definition) is 2. The molecule has 1 aromatic carbocycles. The molecule has 0 fully saturated rings. The average Bonchev–Trinajstić information content (AvgIpc) is 2.29. The molecule has 0 aromatic heterocycles. The summed E-state index contributed by atoms with van der Waals surface area (Å²) in [7, 11) is 0. The molecule has 0 unspecified atom stereocenters. The van der Waals surface area contributed by atoms with Crippen LogP contribution < -0.4 is 10.6 Å². The lowest BCUT2D eigenvalue weighted by Crippen LogP contribution is -2.34. The van der Waals surface area contributed by atoms with Crippen LogP contribution >= 0.6 is 11.6 Å². The Morgan fingerprint density at radius 2 is 2.00 bits per heavy atom. The van der Waals surface area contributed by atoms with E-state index in [9.17, 15) is 4.79 Å². The van der Waals surface area contributed by atoms with Crippen molar-refractivity contribution in [3.63, 3.8) is 0 Å². The van der Waals surface area contributed by atoms with Crippen molar-refractivity contribution in [2.45, 2.75) is 13.3 Å². The van der Waals surface area contributed by atoms with E-state index in [0.29, 0.717) is 13.1 Å². The maximum absolute atomic E-state index is 11.3. The SMILES string of the molecule is CCNCC(=O)NCCc1ccc(Cl)cc1. The van der Waals surface area contributed by atoms with Crippen molar-refractivity contribution in [1.82, 2.24) is 10.6 Å². The predicted octanol–water partition coefficient (Wildman–Crippen LogP) is 1.61. The molecule has 0 aliphatic rings. The van der Waals surface area contributed by atoms with Crippen LogP contribution in [0.15, 0.2) is 24.3 Å². The molecule has 2 N–H and O–H groups in total. The van der Waals surface area contributed by atoms with E-state index < -0.39 is 0 Å². The van der Waals surface area contributed by atoms with Gasteiger partial charge in [-0.25, -0.2) is 0 Å². The van der Waals surface area contributed by atoms with Crippen LogP contribution in [0.2, 0.25) is 5.02 Å². The molecule has 0 spiro atoms. The second kappa shape index (κ2) is 7.25. The lowest BCUT2D eigenvalue weighted by molar-refractivity contribution is -0.120. The summed E-state index contributed by atoms with van der Waals surface area (Å²) in [6.07, 6.45) is 0.828. The maximum atomic E-state index is 11.3. The van der Waals surface area contributed by atoms with Crippen LogP contribution in [0.5, 0.6) is 0 Å². The summed E-state index contributed by atoms with van der Waals surface area (Å²) >= 11 is 5.78. The molecular weight excluding hydrogens is 224 g/mol. The number of rotatable bonds is 6. The van der Waals surface area contributed by atoms with E-state index in [1.54, 1.807) is 0 Å². The first kappa shape index (κ1) is 13.0. The van der Waals surface area contributed by atoms with Gasteiger partial charge in [-0.2, -0.15) is 0 Å². The predicted molar refractivity (Wildman–Crippen MR) is 66.7 cm³/mol. The fourth-order valence-corrected chi connectivity index (χ4v) is 1.42. The molecular formula is C12H17ClN2O. The smallest absolute Gasteiger partial charge is 0.233 e. The second-order valence-corrected chi connectivity index (χ2v) is 3.94. The van der Waals surface area contributed by atoms with Crippen molar-refractivity contribution in [2.24, 2.45) is 0 Å². The Hall–Kier alpha value is -1.06. The summed E-state index contributed by atoms with van der Waals surface area (Å²) in [6.45, 7) is 3.83. The van der Waals surface area contributed by atoms with Crippen LogP contribution in [0, 0.1) is 0 Å². The summed E-state index contributed by atoms with van der Waals surface area (Å²) in [5.41, 5.74) is 1.17. The Morgan fingerprint density at radius 1 is 1.31 bits per heavy atom. The Balaban J connectivity index is 2.20. The zero-order chi connectivity index (χ0) is 11.8. The molecule has 1 rings (SSSR count). The van der Waals surface area contributed by atoms with Crippen molar-refractivity contribution in [3.05, 3.63) is 34.9 Å². The second-order valence-electron chi connectivity index (χ2n) is 3.51. The lowest BCUT2D eigenvalue weighted by Gasteiger charge is -2.05. The van der Waals surface area contributed by atoms with Gasteiger partial charge in [-0.3, -0.25) is 4.79 Å². The topological polar surface area (TPSA) is 41.1 Å². The van der Waals surface area contributed by atoms with Crippen molar-refractivity contribution < 1.29 is 4.79 Å². The third-order valence-corrected chi connectivity index (χ3v) is 2.44. The van der Waals surface area contributed by atoms with Crippen LogP contribution in [0.4, 0.5) is 0 Å². The maximum Gasteiger partial charge on any atom is 0.233 e. The van der Waals surface area contributed by atoms with Crippen molar-refractivity contribution in [1.29, 1.82) is 0 Å². The minimum absolute atomic E-state index is 0.0378. The van der Waals surface area contributed by atoms with E-state index in [1.807, 2.05) is 31.2 Å². The molecule has 0 saturated carbocycles. The van der Waals surface area contributed by atoms with E-state index in [0.717, 1.165) is 18.0 Å². The highest BCUT2D eigenvalue weighted by Gasteiger charge is 1.99. The van der Waals surface area contributed by atoms with Gasteiger partial charge in [0.2, 0.25) is 5.91 Å². The number of amides is 1. The quantitative estimate of drug-likeness (QED) is 0.793. The Bertz CT molecular complexity index is 324. The number of benzene rings is 1. The van der Waals surface area contributed by atoms with Crippen LogP contribution in [-0.2, 0) is 11.2 Å². The molecule has 16 heavy (non-hydrogen) atoms. The Kier molecular flexibility index (Phi) is 5.90. The molecule has 0 bridgehead atoms. The third kappa shape index (κ3) is 5.14. The molecule has 0 aliphatic carbocycles. The number of hydrogen-bond acceptors (Lipinski definition) is 2. The lowest BCUT2D eigenvalue weighted by atomic mass is 10.1. The highest BCUT2D eigenvalue weighted by Crippen LogP contribution is 2.09. The van der Waals surface area contributed by atoms with E-state index in [4.69, 9.17) is 11.6 Å². The highest BCUT2D eigenvalue weighted by molar-refractivity contribution is 6.30. The van der Waals surface area contributed by atoms with Crippen LogP contribution in [0.1, 0.15) is 12.5 Å². The summed E-state index contributed by atoms with van der Waals surface area (Å²) in [5, 5.41) is 6.56. The summed E-state index contributed by atoms with van der Waals surface area (Å²) < 4.78 is 0. The van der Waals surface area contributed by atoms with Gasteiger partial charge in [0.25, 0.3) is 0 Å². The first-order chi connectivity index (χ1) is 7.72. The van der Waals surface area contributed by atoms with Crippen molar-refractivity contribution in [2.75, 3.05) is 19.6 Å². The monoisotopic (exact) mass is 240 g/mol. The summed E-state index contributed by atoms with van der Waals surface area (Å²) in [5.74, 6) is 0.0378. The van der Waals surface area contributed by atoms with E-state index in [2.05, 4.69) is 10.6 Å². The molecule has 0 atom stereocenters. The van der Waals surface area contributed by atoms with Crippen LogP contribution in [0.3, 0.4) is 0 Å². The number of halogens is 1. The molecule has 1 amide bonds. The van der Waals surface area contributed by atoms with Crippen molar-refractivity contribution in [3.8, 4) is 0 Å². The van der Waals surface area contributed by atoms with Gasteiger partial charge in [0.15, 0.2) is 0 Å². The van der Waals surface area contributed by atoms with E-state index in [1.165, 1.54) is 5.56 Å². The minimum atomic E-state index is 0.0378. The first-order valence-corrected chi connectivity index (χ1v) is 5.82. The summed E-state index contributed by atoms with van der Waals surface area (Å²) in [6, 6.07) is 7.66. The van der Waals surface area contributed by atoms with Gasteiger partial charge < -0.3 is 10.6 Å². The number of carbonyl (C=O) groups is 1. The van der Waals surface area contributed by atoms with E-state index in [-0.39, 0.29) is 5.91 Å². The average molecular weight is 241 g/mol. The third-order valence-electron chi connectivity index (χ3n) is 2.18. The first-order valence-electron chi connectivity index (χ1n) is 5.44. The normalized spacial score (nSPS) is 10.1. The number of nitrogens with one attached hydrogen (secondary N) is 2. The largest absolute Gasteiger partial charge is 0.355 e. The highest BCUT2D eigenvalue weighted by atomic mass is 35.5.